The Kier molecular flexibility index (Phi) is 10.1. The van der Waals surface area contributed by atoms with Crippen molar-refractivity contribution in [1.29, 1.82) is 0 Å². The van der Waals surface area contributed by atoms with Crippen LogP contribution in [0.3, 0.4) is 0 Å². The Hall–Kier alpha value is -0.970. The highest BCUT2D eigenvalue weighted by molar-refractivity contribution is 9.12. The Morgan fingerprint density at radius 1 is 1.25 bits per heavy atom. The second-order valence-corrected chi connectivity index (χ2v) is 3.28. The number of hydrogen-bond acceptors (Lipinski definition) is 3. The highest BCUT2D eigenvalue weighted by Crippen LogP contribution is 2.17. The zero-order valence-corrected chi connectivity index (χ0v) is 11.9. The Morgan fingerprint density at radius 2 is 1.69 bits per heavy atom. The van der Waals surface area contributed by atoms with Gasteiger partial charge in [0.25, 0.3) is 11.8 Å². The van der Waals surface area contributed by atoms with Crippen LogP contribution in [-0.2, 0) is 14.4 Å². The van der Waals surface area contributed by atoms with E-state index in [2.05, 4.69) is 15.9 Å². The van der Waals surface area contributed by atoms with Crippen molar-refractivity contribution in [2.75, 3.05) is 6.54 Å². The highest BCUT2D eigenvalue weighted by atomic mass is 79.9. The number of imide groups is 1. The van der Waals surface area contributed by atoms with E-state index >= 15 is 0 Å². The largest absolute Gasteiger partial charge is 0.298 e. The molecule has 1 aliphatic rings. The van der Waals surface area contributed by atoms with Gasteiger partial charge in [-0.25, -0.2) is 0 Å². The van der Waals surface area contributed by atoms with Crippen molar-refractivity contribution in [1.82, 2.24) is 4.90 Å². The molecular weight excluding hydrogens is 274 g/mol. The molecule has 0 fully saturated rings. The summed E-state index contributed by atoms with van der Waals surface area (Å²) >= 11 is 2.91. The molecule has 1 rings (SSSR count). The van der Waals surface area contributed by atoms with Gasteiger partial charge in [-0.2, -0.15) is 0 Å². The number of Topliss-reactive ketones (excluding diaryl/α,β-unsaturated/α-hetero) is 1. The maximum Gasteiger partial charge on any atom is 0.268 e. The lowest BCUT2D eigenvalue weighted by molar-refractivity contribution is -0.140. The lowest BCUT2D eigenvalue weighted by Crippen LogP contribution is -2.34. The predicted octanol–water partition coefficient (Wildman–Crippen LogP) is 2.28. The summed E-state index contributed by atoms with van der Waals surface area (Å²) in [6, 6.07) is 0. The van der Waals surface area contributed by atoms with Gasteiger partial charge in [-0.05, 0) is 22.9 Å². The summed E-state index contributed by atoms with van der Waals surface area (Å²) in [7, 11) is 0. The first-order valence-corrected chi connectivity index (χ1v) is 6.04. The molecule has 0 unspecified atom stereocenters. The smallest absolute Gasteiger partial charge is 0.268 e. The van der Waals surface area contributed by atoms with Gasteiger partial charge in [0.2, 0.25) is 0 Å². The van der Waals surface area contributed by atoms with Crippen LogP contribution < -0.4 is 0 Å². The molecule has 92 valence electrons. The van der Waals surface area contributed by atoms with Crippen LogP contribution in [0.2, 0.25) is 0 Å². The molecule has 1 heterocycles. The molecule has 0 aromatic rings. The van der Waals surface area contributed by atoms with Crippen LogP contribution in [-0.4, -0.2) is 29.0 Å². The van der Waals surface area contributed by atoms with Gasteiger partial charge in [0.1, 0.15) is 5.78 Å². The number of rotatable bonds is 2. The van der Waals surface area contributed by atoms with E-state index in [0.29, 0.717) is 0 Å². The topological polar surface area (TPSA) is 54.5 Å². The molecule has 0 aromatic carbocycles. The van der Waals surface area contributed by atoms with Gasteiger partial charge in [0, 0.05) is 6.08 Å². The summed E-state index contributed by atoms with van der Waals surface area (Å²) in [5.41, 5.74) is 0. The van der Waals surface area contributed by atoms with Gasteiger partial charge in [-0.1, -0.05) is 27.7 Å². The normalized spacial score (nSPS) is 13.4. The molecule has 4 nitrogen and oxygen atoms in total. The van der Waals surface area contributed by atoms with E-state index in [1.54, 1.807) is 0 Å². The molecular formula is C11H18BrNO3. The molecule has 2 amide bonds. The van der Waals surface area contributed by atoms with E-state index in [9.17, 15) is 14.4 Å². The van der Waals surface area contributed by atoms with Gasteiger partial charge in [0.15, 0.2) is 0 Å². The summed E-state index contributed by atoms with van der Waals surface area (Å²) < 4.78 is 0.203. The molecule has 0 saturated heterocycles. The van der Waals surface area contributed by atoms with Crippen molar-refractivity contribution < 1.29 is 14.4 Å². The molecule has 0 aliphatic carbocycles. The van der Waals surface area contributed by atoms with E-state index in [4.69, 9.17) is 0 Å². The maximum atomic E-state index is 11.1. The Bertz CT molecular complexity index is 298. The minimum absolute atomic E-state index is 0.150. The molecule has 1 aliphatic heterocycles. The number of nitrogens with zero attached hydrogens (tertiary/aromatic N) is 1. The Balaban J connectivity index is 0. The highest BCUT2D eigenvalue weighted by Gasteiger charge is 2.29. The minimum Gasteiger partial charge on any atom is -0.298 e. The number of ketones is 1. The lowest BCUT2D eigenvalue weighted by atomic mass is 10.4. The first kappa shape index (κ1) is 17.4. The van der Waals surface area contributed by atoms with Gasteiger partial charge in [-0.3, -0.25) is 19.3 Å². The van der Waals surface area contributed by atoms with Gasteiger partial charge >= 0.3 is 0 Å². The number of carbonyl (C=O) groups is 3. The fourth-order valence-electron chi connectivity index (χ4n) is 0.849. The number of amides is 2. The Morgan fingerprint density at radius 3 is 1.94 bits per heavy atom. The van der Waals surface area contributed by atoms with E-state index in [1.165, 1.54) is 6.92 Å². The molecule has 0 N–H and O–H groups in total. The lowest BCUT2D eigenvalue weighted by Gasteiger charge is -2.10. The second kappa shape index (κ2) is 9.27. The molecule has 0 saturated carbocycles. The van der Waals surface area contributed by atoms with Crippen LogP contribution in [0.4, 0.5) is 0 Å². The zero-order valence-electron chi connectivity index (χ0n) is 10.3. The van der Waals surface area contributed by atoms with E-state index in [1.807, 2.05) is 27.7 Å². The third-order valence-corrected chi connectivity index (χ3v) is 1.91. The van der Waals surface area contributed by atoms with Crippen LogP contribution in [0, 0.1) is 0 Å². The summed E-state index contributed by atoms with van der Waals surface area (Å²) in [4.78, 5) is 33.6. The summed E-state index contributed by atoms with van der Waals surface area (Å²) in [6.07, 6.45) is 1.16. The average molecular weight is 292 g/mol. The van der Waals surface area contributed by atoms with E-state index in [0.717, 1.165) is 11.0 Å². The third-order valence-electron chi connectivity index (χ3n) is 1.35. The Labute approximate surface area is 105 Å². The SMILES string of the molecule is CC.CC.CC(=O)CN1C(=O)C=C(Br)C1=O. The molecule has 0 bridgehead atoms. The average Bonchev–Trinajstić information content (AvgIpc) is 2.51. The monoisotopic (exact) mass is 291 g/mol. The minimum atomic E-state index is -0.449. The number of halogens is 1. The summed E-state index contributed by atoms with van der Waals surface area (Å²) in [6.45, 7) is 9.18. The molecule has 16 heavy (non-hydrogen) atoms. The van der Waals surface area contributed by atoms with Crippen molar-refractivity contribution in [2.24, 2.45) is 0 Å². The first-order valence-electron chi connectivity index (χ1n) is 5.25. The van der Waals surface area contributed by atoms with Crippen molar-refractivity contribution in [2.45, 2.75) is 34.6 Å². The van der Waals surface area contributed by atoms with Crippen LogP contribution in [0.1, 0.15) is 34.6 Å². The fraction of sp³-hybridized carbons (Fsp3) is 0.545. The van der Waals surface area contributed by atoms with E-state index < -0.39 is 11.8 Å². The van der Waals surface area contributed by atoms with Crippen LogP contribution in [0.15, 0.2) is 10.6 Å². The van der Waals surface area contributed by atoms with Crippen molar-refractivity contribution in [3.63, 3.8) is 0 Å². The predicted molar refractivity (Wildman–Crippen MR) is 67.1 cm³/mol. The van der Waals surface area contributed by atoms with Crippen LogP contribution in [0.25, 0.3) is 0 Å². The first-order chi connectivity index (χ1) is 7.52. The molecule has 0 atom stereocenters. The molecule has 5 heteroatoms. The second-order valence-electron chi connectivity index (χ2n) is 2.42. The van der Waals surface area contributed by atoms with Gasteiger partial charge < -0.3 is 0 Å². The van der Waals surface area contributed by atoms with E-state index in [-0.39, 0.29) is 16.8 Å². The summed E-state index contributed by atoms with van der Waals surface area (Å²) in [5.74, 6) is -1.11. The fourth-order valence-corrected chi connectivity index (χ4v) is 1.26. The number of carbonyl (C=O) groups excluding carboxylic acids is 3. The van der Waals surface area contributed by atoms with Crippen molar-refractivity contribution in [3.8, 4) is 0 Å². The van der Waals surface area contributed by atoms with Crippen molar-refractivity contribution in [3.05, 3.63) is 10.6 Å². The molecule has 0 aromatic heterocycles. The van der Waals surface area contributed by atoms with Crippen LogP contribution >= 0.6 is 15.9 Å². The molecule has 0 spiro atoms. The van der Waals surface area contributed by atoms with Gasteiger partial charge in [0.05, 0.1) is 11.0 Å². The van der Waals surface area contributed by atoms with Gasteiger partial charge in [-0.15, -0.1) is 0 Å². The molecule has 0 radical (unpaired) electrons. The zero-order chi connectivity index (χ0) is 13.3. The van der Waals surface area contributed by atoms with Crippen LogP contribution in [0.5, 0.6) is 0 Å². The van der Waals surface area contributed by atoms with Crippen molar-refractivity contribution >= 4 is 33.5 Å². The quantitative estimate of drug-likeness (QED) is 0.734. The summed E-state index contributed by atoms with van der Waals surface area (Å²) in [5, 5.41) is 0. The standard InChI is InChI=1S/C7H6BrNO3.2C2H6/c1-4(10)3-9-6(11)2-5(8)7(9)12;2*1-2/h2H,3H2,1H3;2*1-2H3. The third kappa shape index (κ3) is 5.21. The maximum absolute atomic E-state index is 11.1. The number of hydrogen-bond donors (Lipinski definition) is 0.